The Morgan fingerprint density at radius 2 is 1.81 bits per heavy atom. The number of aryl methyl sites for hydroxylation is 1. The molecule has 7 nitrogen and oxygen atoms in total. The molecule has 3 aromatic rings. The van der Waals surface area contributed by atoms with Crippen molar-refractivity contribution < 1.29 is 9.59 Å². The van der Waals surface area contributed by atoms with E-state index in [-0.39, 0.29) is 17.7 Å². The Kier molecular flexibility index (Phi) is 5.84. The van der Waals surface area contributed by atoms with Gasteiger partial charge in [0.2, 0.25) is 5.91 Å². The summed E-state index contributed by atoms with van der Waals surface area (Å²) in [7, 11) is 0. The molecule has 1 N–H and O–H groups in total. The second-order valence-corrected chi connectivity index (χ2v) is 8.15. The lowest BCUT2D eigenvalue weighted by Crippen LogP contribution is -2.49. The average molecular weight is 418 g/mol. The molecule has 0 spiro atoms. The summed E-state index contributed by atoms with van der Waals surface area (Å²) in [4.78, 5) is 38.7. The predicted molar refractivity (Wildman–Crippen MR) is 122 cm³/mol. The van der Waals surface area contributed by atoms with Crippen molar-refractivity contribution in [3.8, 4) is 0 Å². The average Bonchev–Trinajstić information content (AvgIpc) is 2.78. The van der Waals surface area contributed by atoms with Crippen LogP contribution < -0.4 is 10.2 Å². The van der Waals surface area contributed by atoms with Crippen molar-refractivity contribution in [1.29, 1.82) is 0 Å². The van der Waals surface area contributed by atoms with E-state index >= 15 is 0 Å². The summed E-state index contributed by atoms with van der Waals surface area (Å²) < 4.78 is 0. The van der Waals surface area contributed by atoms with Gasteiger partial charge in [-0.2, -0.15) is 0 Å². The molecule has 1 aliphatic heterocycles. The first-order valence-corrected chi connectivity index (χ1v) is 10.6. The van der Waals surface area contributed by atoms with E-state index in [4.69, 9.17) is 0 Å². The number of benzene rings is 1. The third kappa shape index (κ3) is 4.50. The number of hydrogen-bond acceptors (Lipinski definition) is 5. The molecule has 0 unspecified atom stereocenters. The molecule has 7 heteroatoms. The second kappa shape index (κ2) is 8.71. The molecule has 3 heterocycles. The first kappa shape index (κ1) is 20.8. The van der Waals surface area contributed by atoms with Crippen molar-refractivity contribution in [2.24, 2.45) is 5.92 Å². The number of fused-ring (bicyclic) bond motifs is 1. The maximum absolute atomic E-state index is 13.5. The van der Waals surface area contributed by atoms with Crippen LogP contribution in [0.4, 0.5) is 11.5 Å². The Balaban J connectivity index is 1.60. The molecule has 0 saturated carbocycles. The van der Waals surface area contributed by atoms with Crippen molar-refractivity contribution in [3.63, 3.8) is 0 Å². The normalized spacial score (nSPS) is 14.2. The van der Waals surface area contributed by atoms with E-state index in [1.807, 2.05) is 62.1 Å². The van der Waals surface area contributed by atoms with E-state index < -0.39 is 0 Å². The Bertz CT molecular complexity index is 1110. The summed E-state index contributed by atoms with van der Waals surface area (Å²) in [6.07, 6.45) is 1.78. The quantitative estimate of drug-likeness (QED) is 0.703. The van der Waals surface area contributed by atoms with Gasteiger partial charge in [-0.05, 0) is 37.3 Å². The van der Waals surface area contributed by atoms with Crippen LogP contribution in [0.5, 0.6) is 0 Å². The van der Waals surface area contributed by atoms with E-state index in [2.05, 4.69) is 20.2 Å². The number of amides is 2. The summed E-state index contributed by atoms with van der Waals surface area (Å²) in [6, 6.07) is 13.3. The van der Waals surface area contributed by atoms with Crippen LogP contribution in [-0.4, -0.2) is 52.9 Å². The van der Waals surface area contributed by atoms with Gasteiger partial charge in [0.15, 0.2) is 0 Å². The zero-order chi connectivity index (χ0) is 22.0. The minimum Gasteiger partial charge on any atom is -0.353 e. The largest absolute Gasteiger partial charge is 0.353 e. The van der Waals surface area contributed by atoms with Crippen LogP contribution >= 0.6 is 0 Å². The zero-order valence-electron chi connectivity index (χ0n) is 18.1. The van der Waals surface area contributed by atoms with Gasteiger partial charge in [-0.3, -0.25) is 14.6 Å². The van der Waals surface area contributed by atoms with Gasteiger partial charge in [0.25, 0.3) is 5.91 Å². The van der Waals surface area contributed by atoms with Gasteiger partial charge in [-0.25, -0.2) is 4.98 Å². The minimum atomic E-state index is -0.153. The van der Waals surface area contributed by atoms with Gasteiger partial charge in [0.05, 0.1) is 11.1 Å². The lowest BCUT2D eigenvalue weighted by molar-refractivity contribution is -0.118. The van der Waals surface area contributed by atoms with Crippen molar-refractivity contribution in [2.45, 2.75) is 20.8 Å². The lowest BCUT2D eigenvalue weighted by atomic mass is 10.0. The third-order valence-electron chi connectivity index (χ3n) is 5.51. The van der Waals surface area contributed by atoms with Crippen LogP contribution in [0.3, 0.4) is 0 Å². The summed E-state index contributed by atoms with van der Waals surface area (Å²) in [5.41, 5.74) is 2.73. The van der Waals surface area contributed by atoms with E-state index in [1.54, 1.807) is 12.3 Å². The zero-order valence-corrected chi connectivity index (χ0v) is 18.1. The minimum absolute atomic E-state index is 0.0445. The molecule has 1 fully saturated rings. The van der Waals surface area contributed by atoms with E-state index in [9.17, 15) is 9.59 Å². The van der Waals surface area contributed by atoms with Gasteiger partial charge in [0.1, 0.15) is 5.82 Å². The molecule has 0 bridgehead atoms. The SMILES string of the molecule is Cc1ccc2c(C(=O)N3CCN(c4ccccn4)CC3)cc(NC(=O)C(C)C)cc2n1. The molecule has 31 heavy (non-hydrogen) atoms. The molecule has 1 aromatic carbocycles. The maximum Gasteiger partial charge on any atom is 0.254 e. The number of pyridine rings is 2. The molecule has 0 aliphatic carbocycles. The van der Waals surface area contributed by atoms with Crippen LogP contribution in [0, 0.1) is 12.8 Å². The molecule has 0 atom stereocenters. The summed E-state index contributed by atoms with van der Waals surface area (Å²) in [6.45, 7) is 8.26. The Morgan fingerprint density at radius 3 is 2.48 bits per heavy atom. The fourth-order valence-electron chi connectivity index (χ4n) is 3.72. The first-order chi connectivity index (χ1) is 14.9. The third-order valence-corrected chi connectivity index (χ3v) is 5.51. The monoisotopic (exact) mass is 417 g/mol. The number of aromatic nitrogens is 2. The standard InChI is InChI=1S/C24H27N5O2/c1-16(2)23(30)27-18-14-20(19-8-7-17(3)26-21(19)15-18)24(31)29-12-10-28(11-13-29)22-6-4-5-9-25-22/h4-9,14-16H,10-13H2,1-3H3,(H,27,30). The molecule has 1 aliphatic rings. The van der Waals surface area contributed by atoms with E-state index in [1.165, 1.54) is 0 Å². The highest BCUT2D eigenvalue weighted by atomic mass is 16.2. The molecule has 0 radical (unpaired) electrons. The van der Waals surface area contributed by atoms with E-state index in [0.717, 1.165) is 30.0 Å². The number of nitrogens with zero attached hydrogens (tertiary/aromatic N) is 4. The fraction of sp³-hybridized carbons (Fsp3) is 0.333. The van der Waals surface area contributed by atoms with Crippen LogP contribution in [-0.2, 0) is 4.79 Å². The highest BCUT2D eigenvalue weighted by molar-refractivity contribution is 6.08. The second-order valence-electron chi connectivity index (χ2n) is 8.15. The molecule has 4 rings (SSSR count). The molecule has 2 aromatic heterocycles. The Hall–Kier alpha value is -3.48. The van der Waals surface area contributed by atoms with Crippen LogP contribution in [0.1, 0.15) is 29.9 Å². The van der Waals surface area contributed by atoms with Crippen LogP contribution in [0.15, 0.2) is 48.7 Å². The number of carbonyl (C=O) groups excluding carboxylic acids is 2. The molecular weight excluding hydrogens is 390 g/mol. The predicted octanol–water partition coefficient (Wildman–Crippen LogP) is 3.50. The molecule has 160 valence electrons. The highest BCUT2D eigenvalue weighted by Crippen LogP contribution is 2.26. The van der Waals surface area contributed by atoms with E-state index in [0.29, 0.717) is 29.9 Å². The number of carbonyl (C=O) groups is 2. The topological polar surface area (TPSA) is 78.4 Å². The van der Waals surface area contributed by atoms with Gasteiger partial charge in [-0.1, -0.05) is 26.0 Å². The number of anilines is 2. The number of rotatable bonds is 4. The van der Waals surface area contributed by atoms with Crippen molar-refractivity contribution in [1.82, 2.24) is 14.9 Å². The van der Waals surface area contributed by atoms with Gasteiger partial charge in [-0.15, -0.1) is 0 Å². The molecule has 1 saturated heterocycles. The summed E-state index contributed by atoms with van der Waals surface area (Å²) in [5.74, 6) is 0.643. The van der Waals surface area contributed by atoms with Crippen molar-refractivity contribution >= 4 is 34.2 Å². The molecular formula is C24H27N5O2. The van der Waals surface area contributed by atoms with Crippen LogP contribution in [0.25, 0.3) is 10.9 Å². The van der Waals surface area contributed by atoms with Gasteiger partial charge >= 0.3 is 0 Å². The smallest absolute Gasteiger partial charge is 0.254 e. The Labute approximate surface area is 182 Å². The van der Waals surface area contributed by atoms with Crippen LogP contribution in [0.2, 0.25) is 0 Å². The fourth-order valence-corrected chi connectivity index (χ4v) is 3.72. The van der Waals surface area contributed by atoms with Crippen molar-refractivity contribution in [3.05, 3.63) is 59.9 Å². The highest BCUT2D eigenvalue weighted by Gasteiger charge is 2.25. The Morgan fingerprint density at radius 1 is 1.03 bits per heavy atom. The number of piperazine rings is 1. The summed E-state index contributed by atoms with van der Waals surface area (Å²) >= 11 is 0. The molecule has 2 amide bonds. The lowest BCUT2D eigenvalue weighted by Gasteiger charge is -2.35. The summed E-state index contributed by atoms with van der Waals surface area (Å²) in [5, 5.41) is 3.71. The first-order valence-electron chi connectivity index (χ1n) is 10.6. The number of hydrogen-bond donors (Lipinski definition) is 1. The maximum atomic E-state index is 13.5. The van der Waals surface area contributed by atoms with Gasteiger partial charge < -0.3 is 15.1 Å². The van der Waals surface area contributed by atoms with Gasteiger partial charge in [0, 0.05) is 55.1 Å². The number of nitrogens with one attached hydrogen (secondary N) is 1. The van der Waals surface area contributed by atoms with Crippen molar-refractivity contribution in [2.75, 3.05) is 36.4 Å².